The van der Waals surface area contributed by atoms with Gasteiger partial charge in [-0.2, -0.15) is 5.10 Å². The fraction of sp³-hybridized carbons (Fsp3) is 0.869. The lowest BCUT2D eigenvalue weighted by molar-refractivity contribution is -0.145. The highest BCUT2D eigenvalue weighted by atomic mass is 32.2. The number of aliphatic hydroxyl groups excluding tert-OH is 4. The Kier molecular flexibility index (Phi) is 51.1. The molecular formula is C84H158N12O17S. The first kappa shape index (κ1) is 106. The van der Waals surface area contributed by atoms with Crippen LogP contribution in [0.2, 0.25) is 0 Å². The van der Waals surface area contributed by atoms with Crippen LogP contribution in [0, 0.1) is 57.7 Å². The number of carbonyl (C=O) groups excluding carboxylic acids is 9. The Morgan fingerprint density at radius 3 is 1.45 bits per heavy atom. The number of β-amino-alcohol motifs (C(OH)–C–C–N with tert-alkyl or cyclic N) is 2. The van der Waals surface area contributed by atoms with Crippen LogP contribution in [0.5, 0.6) is 0 Å². The lowest BCUT2D eigenvalue weighted by Gasteiger charge is -2.35. The van der Waals surface area contributed by atoms with E-state index in [9.17, 15) is 66.9 Å². The Hall–Kier alpha value is -5.92. The second kappa shape index (κ2) is 55.0. The van der Waals surface area contributed by atoms with Crippen molar-refractivity contribution in [1.29, 1.82) is 0 Å². The topological polar surface area (TPSA) is 373 Å². The van der Waals surface area contributed by atoms with E-state index in [-0.39, 0.29) is 113 Å². The Morgan fingerprint density at radius 2 is 1.00 bits per heavy atom. The van der Waals surface area contributed by atoms with Crippen molar-refractivity contribution >= 4 is 63.0 Å². The molecular weight excluding hydrogens is 1480 g/mol. The predicted molar refractivity (Wildman–Crippen MR) is 446 cm³/mol. The van der Waals surface area contributed by atoms with Gasteiger partial charge in [-0.3, -0.25) is 43.2 Å². The Labute approximate surface area is 686 Å². The first-order valence-electron chi connectivity index (χ1n) is 42.6. The number of piperidine rings is 2. The highest BCUT2D eigenvalue weighted by molar-refractivity contribution is 7.91. The van der Waals surface area contributed by atoms with E-state index in [0.717, 1.165) is 103 Å². The van der Waals surface area contributed by atoms with Crippen molar-refractivity contribution in [2.75, 3.05) is 130 Å². The number of hydrogen-bond acceptors (Lipinski definition) is 19. The number of nitrogens with zero attached hydrogens (tertiary/aromatic N) is 9. The van der Waals surface area contributed by atoms with Gasteiger partial charge in [0.15, 0.2) is 9.84 Å². The molecule has 0 bridgehead atoms. The summed E-state index contributed by atoms with van der Waals surface area (Å²) in [5.41, 5.74) is -0.935. The maximum absolute atomic E-state index is 12.2. The van der Waals surface area contributed by atoms with Gasteiger partial charge in [-0.25, -0.2) is 18.1 Å². The maximum atomic E-state index is 12.2. The number of rotatable bonds is 26. The number of likely N-dealkylation sites (tertiary alicyclic amines) is 2. The molecule has 8 heterocycles. The molecule has 662 valence electrons. The summed E-state index contributed by atoms with van der Waals surface area (Å²) < 4.78 is 34.5. The van der Waals surface area contributed by atoms with Gasteiger partial charge in [0.2, 0.25) is 53.2 Å². The minimum atomic E-state index is -2.90. The zero-order valence-electron chi connectivity index (χ0n) is 74.3. The van der Waals surface area contributed by atoms with E-state index in [4.69, 9.17) is 14.6 Å². The monoisotopic (exact) mass is 1640 g/mol. The number of morpholine rings is 1. The lowest BCUT2D eigenvalue weighted by Crippen LogP contribution is -2.49. The number of aromatic nitrogens is 3. The standard InChI is InChI=1S/C12H23NO2.C11H18N4O.C11H21NO3.C11H21NO2.C10H18N2O2.C10H19NO3S.C10H21NO2.C9H17NO2/c1-10(2)9-12(3,4)11(14)13-5-7-15-8-6-13;1-9(2)3-4-11(16)14-5-6-15-10(7-14)12-8-13-15;1-8(2)3-4-11(15)12-6-5-9(13)10(14)7-12;1-9(2)5-6-11(14)12-7-3-4-10(13)8-12;1-8(2)3-4-10(14)12-6-5-11-9(13)7-12;1-4-10(2,3)9(12)11-5-7-15(13,14)8-6-11;1-8(2)7-10(3,4)9(13)11-5-6-12;1-7(2)3-4-9(11)10-8-5-12-6-8/h10H,5-9H2,1-4H3;8-9H,3-7H2,1-2H3;8-10,13-14H,3-7H2,1-2H3;9-10,13H,3-8H2,1-2H3;8H,3-7H2,1-2H3,(H,11,13);4-8H2,1-3H3;8,12H,5-7H2,1-4H3,(H,11,13);7-8H,3-6H2,1-2H3,(H,10,11). The van der Waals surface area contributed by atoms with Gasteiger partial charge in [-0.15, -0.1) is 0 Å². The van der Waals surface area contributed by atoms with Gasteiger partial charge >= 0.3 is 0 Å². The van der Waals surface area contributed by atoms with Gasteiger partial charge in [0.1, 0.15) is 12.2 Å². The average molecular weight is 1640 g/mol. The molecule has 0 saturated carbocycles. The van der Waals surface area contributed by atoms with Gasteiger partial charge in [-0.1, -0.05) is 145 Å². The largest absolute Gasteiger partial charge is 0.395 e. The normalized spacial score (nSPS) is 19.1. The molecule has 7 aliphatic heterocycles. The van der Waals surface area contributed by atoms with Gasteiger partial charge in [0.05, 0.1) is 88.5 Å². The molecule has 6 fully saturated rings. The van der Waals surface area contributed by atoms with Crippen molar-refractivity contribution in [2.24, 2.45) is 57.7 Å². The van der Waals surface area contributed by atoms with Crippen LogP contribution in [-0.4, -0.2) is 280 Å². The van der Waals surface area contributed by atoms with E-state index < -0.39 is 22.0 Å². The van der Waals surface area contributed by atoms with E-state index in [0.29, 0.717) is 159 Å². The van der Waals surface area contributed by atoms with Crippen molar-refractivity contribution in [3.63, 3.8) is 0 Å². The number of aliphatic hydroxyl groups is 4. The fourth-order valence-corrected chi connectivity index (χ4v) is 14.3. The van der Waals surface area contributed by atoms with Crippen molar-refractivity contribution in [3.05, 3.63) is 12.2 Å². The molecule has 9 amide bonds. The summed E-state index contributed by atoms with van der Waals surface area (Å²) in [4.78, 5) is 120. The minimum Gasteiger partial charge on any atom is -0.395 e. The minimum absolute atomic E-state index is 0.00347. The molecule has 114 heavy (non-hydrogen) atoms. The van der Waals surface area contributed by atoms with Crippen molar-refractivity contribution in [2.45, 2.75) is 286 Å². The van der Waals surface area contributed by atoms with E-state index in [1.807, 2.05) is 62.9 Å². The van der Waals surface area contributed by atoms with E-state index in [1.54, 1.807) is 25.9 Å². The van der Waals surface area contributed by atoms with Crippen LogP contribution in [0.1, 0.15) is 254 Å². The van der Waals surface area contributed by atoms with Crippen molar-refractivity contribution < 1.29 is 81.5 Å². The molecule has 30 heteroatoms. The average Bonchev–Trinajstić information content (AvgIpc) is 0.948. The molecule has 1 aromatic rings. The Morgan fingerprint density at radius 1 is 0.535 bits per heavy atom. The van der Waals surface area contributed by atoms with Crippen LogP contribution in [-0.2, 0) is 75.6 Å². The van der Waals surface area contributed by atoms with Gasteiger partial charge in [0, 0.05) is 127 Å². The predicted octanol–water partition coefficient (Wildman–Crippen LogP) is 7.92. The molecule has 0 aromatic carbocycles. The molecule has 7 N–H and O–H groups in total. The molecule has 0 spiro atoms. The summed E-state index contributed by atoms with van der Waals surface area (Å²) in [6.45, 7) is 54.5. The Bertz CT molecular complexity index is 3060. The molecule has 0 aliphatic carbocycles. The van der Waals surface area contributed by atoms with Crippen LogP contribution >= 0.6 is 0 Å². The maximum Gasteiger partial charge on any atom is 0.239 e. The molecule has 6 saturated heterocycles. The van der Waals surface area contributed by atoms with E-state index >= 15 is 0 Å². The fourth-order valence-electron chi connectivity index (χ4n) is 13.1. The number of fused-ring (bicyclic) bond motifs is 1. The van der Waals surface area contributed by atoms with E-state index in [2.05, 4.69) is 123 Å². The van der Waals surface area contributed by atoms with Gasteiger partial charge < -0.3 is 75.2 Å². The quantitative estimate of drug-likeness (QED) is 0.0463. The summed E-state index contributed by atoms with van der Waals surface area (Å²) >= 11 is 0. The van der Waals surface area contributed by atoms with Gasteiger partial charge in [0.25, 0.3) is 0 Å². The highest BCUT2D eigenvalue weighted by Crippen LogP contribution is 2.29. The van der Waals surface area contributed by atoms with Crippen molar-refractivity contribution in [3.8, 4) is 0 Å². The van der Waals surface area contributed by atoms with Crippen LogP contribution in [0.25, 0.3) is 0 Å². The van der Waals surface area contributed by atoms with Crippen LogP contribution in [0.15, 0.2) is 6.33 Å². The zero-order valence-corrected chi connectivity index (χ0v) is 75.1. The summed E-state index contributed by atoms with van der Waals surface area (Å²) in [6.07, 6.45) is 12.3. The molecule has 7 aliphatic rings. The molecule has 0 radical (unpaired) electrons. The molecule has 3 atom stereocenters. The molecule has 29 nitrogen and oxygen atoms in total. The Balaban J connectivity index is 0.000000652. The number of amides is 9. The molecule has 3 unspecified atom stereocenters. The van der Waals surface area contributed by atoms with Crippen LogP contribution in [0.3, 0.4) is 0 Å². The highest BCUT2D eigenvalue weighted by Gasteiger charge is 2.36. The lowest BCUT2D eigenvalue weighted by atomic mass is 9.82. The number of nitrogens with one attached hydrogen (secondary N) is 3. The number of ether oxygens (including phenoxy) is 2. The number of sulfone groups is 1. The first-order valence-corrected chi connectivity index (χ1v) is 44.4. The third kappa shape index (κ3) is 45.7. The van der Waals surface area contributed by atoms with Crippen LogP contribution < -0.4 is 16.0 Å². The third-order valence-corrected chi connectivity index (χ3v) is 22.1. The summed E-state index contributed by atoms with van der Waals surface area (Å²) in [5.74, 6) is 6.14. The third-order valence-electron chi connectivity index (χ3n) is 20.5. The smallest absolute Gasteiger partial charge is 0.239 e. The van der Waals surface area contributed by atoms with E-state index in [1.165, 1.54) is 0 Å². The summed E-state index contributed by atoms with van der Waals surface area (Å²) in [7, 11) is -2.90. The number of carbonyl (C=O) groups is 9. The number of piperazine rings is 1. The van der Waals surface area contributed by atoms with Crippen LogP contribution in [0.4, 0.5) is 0 Å². The molecule has 1 aromatic heterocycles. The van der Waals surface area contributed by atoms with Gasteiger partial charge in [-0.05, 0) is 112 Å². The molecule has 8 rings (SSSR count). The zero-order chi connectivity index (χ0) is 86.7. The SMILES string of the molecule is CC(C)CC(C)(C)C(=O)N1CCOCC1.CC(C)CC(C)(C)C(=O)NCCO.CC(C)CCC(=O)N1CCC(O)C(O)C1.CC(C)CCC(=O)N1CCCC(O)C1.CC(C)CCC(=O)N1CCNC(=O)C1.CC(C)CCC(=O)N1CCn2ncnc2C1.CC(C)CCC(=O)NC1COC1.CCC(C)(C)C(=O)N1CCS(=O)(=O)CC1. The second-order valence-corrected chi connectivity index (χ2v) is 38.6. The summed E-state index contributed by atoms with van der Waals surface area (Å²) in [5, 5.41) is 49.1. The second-order valence-electron chi connectivity index (χ2n) is 36.3. The first-order chi connectivity index (χ1) is 53.1. The summed E-state index contributed by atoms with van der Waals surface area (Å²) in [6, 6.07) is 0.282. The van der Waals surface area contributed by atoms with Crippen molar-refractivity contribution in [1.82, 2.24) is 60.1 Å². The number of hydrogen-bond donors (Lipinski definition) is 7.